The zero-order valence-corrected chi connectivity index (χ0v) is 21.4. The first-order valence-corrected chi connectivity index (χ1v) is 12.7. The maximum Gasteiger partial charge on any atom is 0.277 e. The van der Waals surface area contributed by atoms with Crippen LogP contribution in [0.5, 0.6) is 0 Å². The van der Waals surface area contributed by atoms with Gasteiger partial charge < -0.3 is 21.3 Å². The number of nitrogens with zero attached hydrogens (tertiary/aromatic N) is 5. The summed E-state index contributed by atoms with van der Waals surface area (Å²) in [5, 5.41) is 10.6. The molecule has 2 aromatic carbocycles. The Morgan fingerprint density at radius 1 is 1.10 bits per heavy atom. The highest BCUT2D eigenvalue weighted by Crippen LogP contribution is 2.27. The smallest absolute Gasteiger partial charge is 0.277 e. The predicted molar refractivity (Wildman–Crippen MR) is 145 cm³/mol. The van der Waals surface area contributed by atoms with Gasteiger partial charge in [-0.1, -0.05) is 30.3 Å². The Labute approximate surface area is 225 Å². The molecule has 3 heterocycles. The van der Waals surface area contributed by atoms with Gasteiger partial charge >= 0.3 is 0 Å². The van der Waals surface area contributed by atoms with E-state index in [-0.39, 0.29) is 11.5 Å². The summed E-state index contributed by atoms with van der Waals surface area (Å²) >= 11 is 0. The van der Waals surface area contributed by atoms with Gasteiger partial charge in [-0.2, -0.15) is 5.10 Å². The van der Waals surface area contributed by atoms with Crippen LogP contribution in [0.3, 0.4) is 0 Å². The Morgan fingerprint density at radius 3 is 2.54 bits per heavy atom. The van der Waals surface area contributed by atoms with Crippen LogP contribution < -0.4 is 16.4 Å². The fraction of sp³-hybridized carbons (Fsp3) is 0.250. The first kappa shape index (κ1) is 26.0. The Morgan fingerprint density at radius 2 is 1.82 bits per heavy atom. The van der Waals surface area contributed by atoms with Crippen LogP contribution in [0.4, 0.5) is 15.9 Å². The first-order valence-electron chi connectivity index (χ1n) is 12.7. The summed E-state index contributed by atoms with van der Waals surface area (Å²) in [5.41, 5.74) is 8.17. The molecule has 0 saturated carbocycles. The van der Waals surface area contributed by atoms with Crippen molar-refractivity contribution in [1.29, 1.82) is 0 Å². The molecular weight excluding hydrogens is 499 g/mol. The molecule has 1 aliphatic heterocycles. The lowest BCUT2D eigenvalue weighted by atomic mass is 10.0. The minimum atomic E-state index is -1.02. The quantitative estimate of drug-likeness (QED) is 0.335. The number of nitrogens with one attached hydrogen (secondary N) is 2. The van der Waals surface area contributed by atoms with Crippen molar-refractivity contribution in [3.63, 3.8) is 0 Å². The van der Waals surface area contributed by atoms with E-state index < -0.39 is 23.7 Å². The summed E-state index contributed by atoms with van der Waals surface area (Å²) < 4.78 is 15.3. The van der Waals surface area contributed by atoms with Gasteiger partial charge in [0.1, 0.15) is 11.9 Å². The summed E-state index contributed by atoms with van der Waals surface area (Å²) in [4.78, 5) is 37.2. The third kappa shape index (κ3) is 5.78. The maximum atomic E-state index is 13.7. The van der Waals surface area contributed by atoms with Crippen molar-refractivity contribution < 1.29 is 14.0 Å². The number of piperidine rings is 1. The van der Waals surface area contributed by atoms with Gasteiger partial charge in [-0.05, 0) is 55.8 Å². The van der Waals surface area contributed by atoms with E-state index in [9.17, 15) is 14.0 Å². The van der Waals surface area contributed by atoms with Crippen LogP contribution in [0.2, 0.25) is 0 Å². The van der Waals surface area contributed by atoms with Gasteiger partial charge in [-0.3, -0.25) is 14.3 Å². The number of benzene rings is 2. The number of carbonyl (C=O) groups excluding carboxylic acids is 2. The van der Waals surface area contributed by atoms with Gasteiger partial charge in [-0.25, -0.2) is 14.4 Å². The third-order valence-corrected chi connectivity index (χ3v) is 6.77. The molecule has 200 valence electrons. The number of halogens is 1. The highest BCUT2D eigenvalue weighted by Gasteiger charge is 2.31. The standard InChI is InChI=1S/C28H29FN8O2/c1-36(25(18-5-3-2-4-6-18)27(38)34-21-9-7-20(29)8-10-21)28(39)24-26(30)32-16-23(35-24)19-15-33-37(17-19)22-11-13-31-14-12-22/h2-10,15-17,22,25,31H,11-14H2,1H3,(H2,30,32)(H,34,38)/t25-/m1/s1. The van der Waals surface area contributed by atoms with Gasteiger partial charge in [0.2, 0.25) is 0 Å². The number of likely N-dealkylation sites (N-methyl/N-ethyl adjacent to an activating group) is 1. The molecule has 1 saturated heterocycles. The molecule has 0 aliphatic carbocycles. The number of amides is 2. The molecule has 2 amide bonds. The van der Waals surface area contributed by atoms with Gasteiger partial charge in [-0.15, -0.1) is 0 Å². The van der Waals surface area contributed by atoms with Gasteiger partial charge in [0, 0.05) is 24.5 Å². The van der Waals surface area contributed by atoms with Gasteiger partial charge in [0.05, 0.1) is 24.1 Å². The summed E-state index contributed by atoms with van der Waals surface area (Å²) in [6.45, 7) is 1.87. The molecule has 5 rings (SSSR count). The summed E-state index contributed by atoms with van der Waals surface area (Å²) in [6.07, 6.45) is 7.06. The summed E-state index contributed by atoms with van der Waals surface area (Å²) in [6, 6.07) is 13.5. The lowest BCUT2D eigenvalue weighted by Gasteiger charge is -2.28. The van der Waals surface area contributed by atoms with Crippen molar-refractivity contribution in [1.82, 2.24) is 30.0 Å². The Hall–Kier alpha value is -4.64. The Bertz CT molecular complexity index is 1450. The molecule has 10 nitrogen and oxygen atoms in total. The largest absolute Gasteiger partial charge is 0.382 e. The molecule has 1 atom stereocenters. The zero-order valence-electron chi connectivity index (χ0n) is 21.4. The van der Waals surface area contributed by atoms with E-state index in [1.165, 1.54) is 42.4 Å². The molecule has 1 fully saturated rings. The van der Waals surface area contributed by atoms with E-state index in [4.69, 9.17) is 5.73 Å². The average Bonchev–Trinajstić information content (AvgIpc) is 3.46. The monoisotopic (exact) mass is 528 g/mol. The number of hydrogen-bond acceptors (Lipinski definition) is 7. The van der Waals surface area contributed by atoms with Crippen LogP contribution in [0.25, 0.3) is 11.3 Å². The van der Waals surface area contributed by atoms with Crippen LogP contribution >= 0.6 is 0 Å². The topological polar surface area (TPSA) is 131 Å². The average molecular weight is 529 g/mol. The molecule has 11 heteroatoms. The predicted octanol–water partition coefficient (Wildman–Crippen LogP) is 3.44. The van der Waals surface area contributed by atoms with E-state index in [0.717, 1.165) is 25.9 Å². The van der Waals surface area contributed by atoms with Gasteiger partial charge in [0.15, 0.2) is 11.5 Å². The van der Waals surface area contributed by atoms with Crippen LogP contribution in [-0.2, 0) is 4.79 Å². The minimum absolute atomic E-state index is 0.0490. The van der Waals surface area contributed by atoms with Crippen LogP contribution in [-0.4, -0.2) is 56.6 Å². The van der Waals surface area contributed by atoms with E-state index >= 15 is 0 Å². The number of nitrogens with two attached hydrogens (primary N) is 1. The molecule has 0 bridgehead atoms. The van der Waals surface area contributed by atoms with E-state index in [1.54, 1.807) is 30.5 Å². The van der Waals surface area contributed by atoms with Crippen molar-refractivity contribution in [2.45, 2.75) is 24.9 Å². The second-order valence-electron chi connectivity index (χ2n) is 9.40. The number of rotatable bonds is 7. The van der Waals surface area contributed by atoms with Crippen molar-refractivity contribution >= 4 is 23.3 Å². The Kier molecular flexibility index (Phi) is 7.60. The molecular formula is C28H29FN8O2. The van der Waals surface area contributed by atoms with Gasteiger partial charge in [0.25, 0.3) is 11.8 Å². The number of anilines is 2. The number of aromatic nitrogens is 4. The minimum Gasteiger partial charge on any atom is -0.382 e. The van der Waals surface area contributed by atoms with Crippen molar-refractivity contribution in [3.05, 3.63) is 90.3 Å². The van der Waals surface area contributed by atoms with Crippen molar-refractivity contribution in [3.8, 4) is 11.3 Å². The van der Waals surface area contributed by atoms with E-state index in [1.807, 2.05) is 16.9 Å². The number of carbonyl (C=O) groups is 2. The molecule has 1 aliphatic rings. The maximum absolute atomic E-state index is 13.7. The van der Waals surface area contributed by atoms with Crippen LogP contribution in [0.1, 0.15) is 41.0 Å². The number of nitrogen functional groups attached to an aromatic ring is 1. The van der Waals surface area contributed by atoms with E-state index in [0.29, 0.717) is 28.6 Å². The number of hydrogen-bond donors (Lipinski definition) is 3. The zero-order chi connectivity index (χ0) is 27.4. The molecule has 0 unspecified atom stereocenters. The SMILES string of the molecule is CN(C(=O)c1nc(-c2cnn(C3CCNCC3)c2)cnc1N)[C@@H](C(=O)Nc1ccc(F)cc1)c1ccccc1. The second-order valence-corrected chi connectivity index (χ2v) is 9.40. The molecule has 0 radical (unpaired) electrons. The first-order chi connectivity index (χ1) is 18.9. The molecule has 39 heavy (non-hydrogen) atoms. The highest BCUT2D eigenvalue weighted by atomic mass is 19.1. The molecule has 4 aromatic rings. The Balaban J connectivity index is 1.42. The molecule has 0 spiro atoms. The lowest BCUT2D eigenvalue weighted by Crippen LogP contribution is -2.39. The summed E-state index contributed by atoms with van der Waals surface area (Å²) in [7, 11) is 1.51. The van der Waals surface area contributed by atoms with E-state index in [2.05, 4.69) is 25.7 Å². The van der Waals surface area contributed by atoms with Crippen LogP contribution in [0, 0.1) is 5.82 Å². The fourth-order valence-electron chi connectivity index (χ4n) is 4.65. The van der Waals surface area contributed by atoms with Crippen molar-refractivity contribution in [2.75, 3.05) is 31.2 Å². The summed E-state index contributed by atoms with van der Waals surface area (Å²) in [5.74, 6) is -1.52. The van der Waals surface area contributed by atoms with Crippen molar-refractivity contribution in [2.24, 2.45) is 0 Å². The third-order valence-electron chi connectivity index (χ3n) is 6.77. The highest BCUT2D eigenvalue weighted by molar-refractivity contribution is 6.02. The molecule has 2 aromatic heterocycles. The van der Waals surface area contributed by atoms with Crippen LogP contribution in [0.15, 0.2) is 73.2 Å². The fourth-order valence-corrected chi connectivity index (χ4v) is 4.65. The normalized spacial score (nSPS) is 14.5. The second kappa shape index (κ2) is 11.4. The molecule has 4 N–H and O–H groups in total. The lowest BCUT2D eigenvalue weighted by molar-refractivity contribution is -0.120.